The van der Waals surface area contributed by atoms with Gasteiger partial charge in [0, 0.05) is 6.42 Å². The minimum atomic E-state index is -1.29. The van der Waals surface area contributed by atoms with Crippen molar-refractivity contribution in [2.75, 3.05) is 0 Å². The summed E-state index contributed by atoms with van der Waals surface area (Å²) in [4.78, 5) is 60.7. The first-order chi connectivity index (χ1) is 15.2. The number of hydrogen-bond acceptors (Lipinski definition) is 6. The van der Waals surface area contributed by atoms with Crippen molar-refractivity contribution in [3.63, 3.8) is 0 Å². The van der Waals surface area contributed by atoms with Gasteiger partial charge in [-0.15, -0.1) is 0 Å². The Morgan fingerprint density at radius 2 is 1.33 bits per heavy atom. The molecule has 5 unspecified atom stereocenters. The van der Waals surface area contributed by atoms with Crippen molar-refractivity contribution < 1.29 is 34.2 Å². The van der Waals surface area contributed by atoms with E-state index in [-0.39, 0.29) is 24.7 Å². The van der Waals surface area contributed by atoms with Crippen molar-refractivity contribution >= 4 is 29.7 Å². The number of nitrogens with two attached hydrogens (primary N) is 1. The molecule has 0 heterocycles. The molecule has 0 spiro atoms. The SMILES string of the molecule is CCC(C)C(N)C(=O)NC(CC(C)C)C(=O)NC(CCC(=O)O)C(=O)NC(C(=O)O)C(C)C. The van der Waals surface area contributed by atoms with E-state index < -0.39 is 66.2 Å². The molecule has 0 radical (unpaired) electrons. The molecular weight excluding hydrogens is 432 g/mol. The number of carboxylic acids is 2. The molecule has 5 atom stereocenters. The summed E-state index contributed by atoms with van der Waals surface area (Å²) in [6, 6.07) is -4.30. The van der Waals surface area contributed by atoms with E-state index in [2.05, 4.69) is 16.0 Å². The highest BCUT2D eigenvalue weighted by Gasteiger charge is 2.32. The van der Waals surface area contributed by atoms with Gasteiger partial charge in [-0.05, 0) is 30.6 Å². The maximum atomic E-state index is 13.0. The molecule has 0 saturated heterocycles. The molecule has 0 rings (SSSR count). The van der Waals surface area contributed by atoms with Gasteiger partial charge in [-0.1, -0.05) is 48.0 Å². The van der Waals surface area contributed by atoms with Crippen LogP contribution in [0.1, 0.15) is 67.2 Å². The Balaban J connectivity index is 5.60. The van der Waals surface area contributed by atoms with Crippen LogP contribution in [0, 0.1) is 17.8 Å². The molecule has 0 aromatic carbocycles. The second kappa shape index (κ2) is 14.5. The van der Waals surface area contributed by atoms with Crippen LogP contribution in [0.3, 0.4) is 0 Å². The van der Waals surface area contributed by atoms with Crippen LogP contribution in [0.25, 0.3) is 0 Å². The van der Waals surface area contributed by atoms with E-state index in [1.54, 1.807) is 13.8 Å². The summed E-state index contributed by atoms with van der Waals surface area (Å²) in [5.41, 5.74) is 5.96. The summed E-state index contributed by atoms with van der Waals surface area (Å²) >= 11 is 0. The predicted octanol–water partition coefficient (Wildman–Crippen LogP) is 0.466. The summed E-state index contributed by atoms with van der Waals surface area (Å²) in [6.45, 7) is 10.6. The van der Waals surface area contributed by atoms with E-state index >= 15 is 0 Å². The van der Waals surface area contributed by atoms with Crippen LogP contribution in [0.2, 0.25) is 0 Å². The average Bonchev–Trinajstić information content (AvgIpc) is 2.71. The van der Waals surface area contributed by atoms with Gasteiger partial charge < -0.3 is 31.9 Å². The lowest BCUT2D eigenvalue weighted by molar-refractivity contribution is -0.144. The largest absolute Gasteiger partial charge is 0.481 e. The first-order valence-corrected chi connectivity index (χ1v) is 11.3. The zero-order valence-corrected chi connectivity index (χ0v) is 20.4. The Kier molecular flexibility index (Phi) is 13.3. The molecule has 0 fully saturated rings. The molecule has 0 aliphatic rings. The fraction of sp³-hybridized carbons (Fsp3) is 0.773. The highest BCUT2D eigenvalue weighted by molar-refractivity contribution is 5.94. The van der Waals surface area contributed by atoms with Gasteiger partial charge in [0.2, 0.25) is 17.7 Å². The van der Waals surface area contributed by atoms with Crippen molar-refractivity contribution in [3.8, 4) is 0 Å². The molecular formula is C22H40N4O7. The number of aliphatic carboxylic acids is 2. The number of amides is 3. The third kappa shape index (κ3) is 11.1. The number of carboxylic acid groups (broad SMARTS) is 2. The Bertz CT molecular complexity index is 696. The number of nitrogens with one attached hydrogen (secondary N) is 3. The number of carbonyl (C=O) groups excluding carboxylic acids is 3. The summed E-state index contributed by atoms with van der Waals surface area (Å²) in [5.74, 6) is -4.92. The molecule has 0 aliphatic heterocycles. The molecule has 0 aliphatic carbocycles. The summed E-state index contributed by atoms with van der Waals surface area (Å²) < 4.78 is 0. The van der Waals surface area contributed by atoms with Gasteiger partial charge in [0.15, 0.2) is 0 Å². The van der Waals surface area contributed by atoms with Gasteiger partial charge in [-0.3, -0.25) is 19.2 Å². The van der Waals surface area contributed by atoms with Crippen LogP contribution in [0.15, 0.2) is 0 Å². The fourth-order valence-electron chi connectivity index (χ4n) is 3.06. The van der Waals surface area contributed by atoms with Gasteiger partial charge in [-0.2, -0.15) is 0 Å². The zero-order chi connectivity index (χ0) is 25.9. The van der Waals surface area contributed by atoms with Crippen molar-refractivity contribution in [2.45, 2.75) is 91.4 Å². The van der Waals surface area contributed by atoms with Gasteiger partial charge in [0.1, 0.15) is 18.1 Å². The molecule has 11 heteroatoms. The van der Waals surface area contributed by atoms with E-state index in [4.69, 9.17) is 10.8 Å². The molecule has 33 heavy (non-hydrogen) atoms. The van der Waals surface area contributed by atoms with Crippen LogP contribution >= 0.6 is 0 Å². The summed E-state index contributed by atoms with van der Waals surface area (Å²) in [5, 5.41) is 25.8. The van der Waals surface area contributed by atoms with Crippen LogP contribution < -0.4 is 21.7 Å². The number of hydrogen-bond donors (Lipinski definition) is 6. The highest BCUT2D eigenvalue weighted by Crippen LogP contribution is 2.10. The molecule has 7 N–H and O–H groups in total. The quantitative estimate of drug-likeness (QED) is 0.198. The van der Waals surface area contributed by atoms with E-state index in [9.17, 15) is 29.1 Å². The highest BCUT2D eigenvalue weighted by atomic mass is 16.4. The van der Waals surface area contributed by atoms with Crippen LogP contribution in [0.4, 0.5) is 0 Å². The van der Waals surface area contributed by atoms with Gasteiger partial charge in [-0.25, -0.2) is 4.79 Å². The van der Waals surface area contributed by atoms with Gasteiger partial charge in [0.05, 0.1) is 6.04 Å². The van der Waals surface area contributed by atoms with Crippen molar-refractivity contribution in [2.24, 2.45) is 23.5 Å². The molecule has 0 aromatic rings. The smallest absolute Gasteiger partial charge is 0.326 e. The third-order valence-corrected chi connectivity index (χ3v) is 5.41. The molecule has 0 saturated carbocycles. The molecule has 190 valence electrons. The second-order valence-electron chi connectivity index (χ2n) is 9.16. The topological polar surface area (TPSA) is 188 Å². The first-order valence-electron chi connectivity index (χ1n) is 11.3. The maximum absolute atomic E-state index is 13.0. The fourth-order valence-corrected chi connectivity index (χ4v) is 3.06. The second-order valence-corrected chi connectivity index (χ2v) is 9.16. The van der Waals surface area contributed by atoms with E-state index in [1.807, 2.05) is 27.7 Å². The van der Waals surface area contributed by atoms with Crippen LogP contribution in [-0.4, -0.2) is 64.0 Å². The zero-order valence-electron chi connectivity index (χ0n) is 20.4. The summed E-state index contributed by atoms with van der Waals surface area (Å²) in [7, 11) is 0. The standard InChI is InChI=1S/C22H40N4O7/c1-7-13(6)17(23)21(31)25-15(10-11(2)3)20(30)24-14(8-9-16(27)28)19(29)26-18(12(4)5)22(32)33/h11-15,17-18H,7-10,23H2,1-6H3,(H,24,30)(H,25,31)(H,26,29)(H,27,28)(H,32,33). The lowest BCUT2D eigenvalue weighted by atomic mass is 9.97. The van der Waals surface area contributed by atoms with Crippen molar-refractivity contribution in [1.29, 1.82) is 0 Å². The van der Waals surface area contributed by atoms with Crippen LogP contribution in [0.5, 0.6) is 0 Å². The lowest BCUT2D eigenvalue weighted by Gasteiger charge is -2.27. The molecule has 0 bridgehead atoms. The van der Waals surface area contributed by atoms with Gasteiger partial charge >= 0.3 is 11.9 Å². The Hall–Kier alpha value is -2.69. The van der Waals surface area contributed by atoms with E-state index in [0.717, 1.165) is 0 Å². The summed E-state index contributed by atoms with van der Waals surface area (Å²) in [6.07, 6.45) is 0.277. The van der Waals surface area contributed by atoms with Crippen molar-refractivity contribution in [1.82, 2.24) is 16.0 Å². The van der Waals surface area contributed by atoms with Crippen molar-refractivity contribution in [3.05, 3.63) is 0 Å². The lowest BCUT2D eigenvalue weighted by Crippen LogP contribution is -2.58. The predicted molar refractivity (Wildman–Crippen MR) is 122 cm³/mol. The van der Waals surface area contributed by atoms with E-state index in [0.29, 0.717) is 6.42 Å². The molecule has 0 aromatic heterocycles. The Labute approximate surface area is 195 Å². The Morgan fingerprint density at radius 3 is 1.76 bits per heavy atom. The van der Waals surface area contributed by atoms with Crippen LogP contribution in [-0.2, 0) is 24.0 Å². The molecule has 3 amide bonds. The minimum Gasteiger partial charge on any atom is -0.481 e. The minimum absolute atomic E-state index is 0.0181. The maximum Gasteiger partial charge on any atom is 0.326 e. The third-order valence-electron chi connectivity index (χ3n) is 5.41. The number of carbonyl (C=O) groups is 5. The first kappa shape index (κ1) is 30.3. The Morgan fingerprint density at radius 1 is 0.818 bits per heavy atom. The van der Waals surface area contributed by atoms with E-state index in [1.165, 1.54) is 0 Å². The average molecular weight is 473 g/mol. The number of rotatable bonds is 15. The van der Waals surface area contributed by atoms with Gasteiger partial charge in [0.25, 0.3) is 0 Å². The molecule has 11 nitrogen and oxygen atoms in total. The monoisotopic (exact) mass is 472 g/mol. The normalized spacial score (nSPS) is 15.8.